The predicted octanol–water partition coefficient (Wildman–Crippen LogP) is 4.20. The van der Waals surface area contributed by atoms with E-state index in [4.69, 9.17) is 4.74 Å². The van der Waals surface area contributed by atoms with E-state index >= 15 is 0 Å². The quantitative estimate of drug-likeness (QED) is 0.361. The first-order valence-corrected chi connectivity index (χ1v) is 12.9. The van der Waals surface area contributed by atoms with Crippen molar-refractivity contribution in [3.63, 3.8) is 0 Å². The normalized spacial score (nSPS) is 16.7. The monoisotopic (exact) mass is 486 g/mol. The van der Waals surface area contributed by atoms with Gasteiger partial charge in [-0.3, -0.25) is 9.69 Å². The maximum Gasteiger partial charge on any atom is 0.252 e. The van der Waals surface area contributed by atoms with Gasteiger partial charge in [0.25, 0.3) is 5.56 Å². The summed E-state index contributed by atoms with van der Waals surface area (Å²) in [4.78, 5) is 18.5. The number of nitrogens with zero attached hydrogens (tertiary/aromatic N) is 5. The van der Waals surface area contributed by atoms with Gasteiger partial charge in [0, 0.05) is 30.8 Å². The van der Waals surface area contributed by atoms with Crippen molar-refractivity contribution < 1.29 is 4.74 Å². The second-order valence-corrected chi connectivity index (χ2v) is 9.70. The number of benzene rings is 2. The van der Waals surface area contributed by atoms with Gasteiger partial charge in [0.2, 0.25) is 0 Å². The maximum absolute atomic E-state index is 13.1. The third kappa shape index (κ3) is 5.55. The Morgan fingerprint density at radius 3 is 2.83 bits per heavy atom. The van der Waals surface area contributed by atoms with Crippen LogP contribution in [-0.2, 0) is 24.2 Å². The number of rotatable bonds is 10. The number of hydrogen-bond donors (Lipinski definition) is 1. The number of pyridine rings is 1. The summed E-state index contributed by atoms with van der Waals surface area (Å²) >= 11 is 0. The van der Waals surface area contributed by atoms with Gasteiger partial charge < -0.3 is 9.72 Å². The van der Waals surface area contributed by atoms with Crippen LogP contribution in [0.3, 0.4) is 0 Å². The summed E-state index contributed by atoms with van der Waals surface area (Å²) in [5.41, 5.74) is 3.99. The number of hydrogen-bond acceptors (Lipinski definition) is 6. The Labute approximate surface area is 211 Å². The van der Waals surface area contributed by atoms with Crippen LogP contribution in [0.2, 0.25) is 0 Å². The van der Waals surface area contributed by atoms with Crippen molar-refractivity contribution in [3.05, 3.63) is 87.5 Å². The Morgan fingerprint density at radius 1 is 1.19 bits per heavy atom. The van der Waals surface area contributed by atoms with Crippen LogP contribution in [0.15, 0.2) is 59.4 Å². The fourth-order valence-corrected chi connectivity index (χ4v) is 5.14. The van der Waals surface area contributed by atoms with Gasteiger partial charge in [0.05, 0.1) is 18.7 Å². The minimum Gasteiger partial charge on any atom is -0.376 e. The van der Waals surface area contributed by atoms with Crippen molar-refractivity contribution in [2.45, 2.75) is 64.8 Å². The average molecular weight is 487 g/mol. The lowest BCUT2D eigenvalue weighted by Crippen LogP contribution is -2.34. The second-order valence-electron chi connectivity index (χ2n) is 9.70. The number of aryl methyl sites for hydroxylation is 1. The van der Waals surface area contributed by atoms with Gasteiger partial charge in [-0.2, -0.15) is 0 Å². The van der Waals surface area contributed by atoms with Gasteiger partial charge in [-0.1, -0.05) is 48.9 Å². The molecular formula is C28H34N6O2. The number of ether oxygens (including phenoxy) is 1. The summed E-state index contributed by atoms with van der Waals surface area (Å²) in [6.07, 6.45) is 3.95. The smallest absolute Gasteiger partial charge is 0.252 e. The van der Waals surface area contributed by atoms with Crippen LogP contribution in [-0.4, -0.2) is 49.3 Å². The molecule has 0 saturated carbocycles. The molecule has 2 atom stereocenters. The topological polar surface area (TPSA) is 88.9 Å². The number of fused-ring (bicyclic) bond motifs is 1. The summed E-state index contributed by atoms with van der Waals surface area (Å²) in [5.74, 6) is 0.828. The minimum atomic E-state index is -0.0511. The molecule has 2 aromatic heterocycles. The molecule has 1 aliphatic heterocycles. The second kappa shape index (κ2) is 11.1. The van der Waals surface area contributed by atoms with Gasteiger partial charge in [-0.15, -0.1) is 5.10 Å². The Morgan fingerprint density at radius 2 is 2.06 bits per heavy atom. The summed E-state index contributed by atoms with van der Waals surface area (Å²) in [6.45, 7) is 6.96. The number of H-pyrrole nitrogens is 1. The summed E-state index contributed by atoms with van der Waals surface area (Å²) in [6, 6.07) is 18.6. The fourth-order valence-electron chi connectivity index (χ4n) is 5.14. The van der Waals surface area contributed by atoms with E-state index in [1.165, 1.54) is 11.1 Å². The Bertz CT molecular complexity index is 1340. The molecule has 0 unspecified atom stereocenters. The van der Waals surface area contributed by atoms with Crippen LogP contribution in [0.25, 0.3) is 10.9 Å². The number of aromatic amines is 1. The zero-order chi connectivity index (χ0) is 24.9. The first kappa shape index (κ1) is 24.3. The fraction of sp³-hybridized carbons (Fsp3) is 0.429. The first-order valence-electron chi connectivity index (χ1n) is 12.9. The molecule has 0 amide bonds. The molecule has 0 aliphatic carbocycles. The van der Waals surface area contributed by atoms with Crippen molar-refractivity contribution in [2.75, 3.05) is 13.2 Å². The lowest BCUT2D eigenvalue weighted by Gasteiger charge is -2.30. The molecule has 5 rings (SSSR count). The van der Waals surface area contributed by atoms with Crippen molar-refractivity contribution in [1.82, 2.24) is 30.1 Å². The molecule has 1 fully saturated rings. The third-order valence-electron chi connectivity index (χ3n) is 7.07. The summed E-state index contributed by atoms with van der Waals surface area (Å²) < 4.78 is 7.74. The molecule has 1 aliphatic rings. The zero-order valence-electron chi connectivity index (χ0n) is 21.1. The highest BCUT2D eigenvalue weighted by Gasteiger charge is 2.27. The molecule has 0 bridgehead atoms. The van der Waals surface area contributed by atoms with E-state index in [9.17, 15) is 4.79 Å². The molecule has 0 radical (unpaired) electrons. The Balaban J connectivity index is 1.46. The van der Waals surface area contributed by atoms with E-state index in [0.717, 1.165) is 61.1 Å². The van der Waals surface area contributed by atoms with Crippen molar-refractivity contribution in [3.8, 4) is 0 Å². The predicted molar refractivity (Wildman–Crippen MR) is 140 cm³/mol. The molecule has 1 saturated heterocycles. The molecular weight excluding hydrogens is 452 g/mol. The third-order valence-corrected chi connectivity index (χ3v) is 7.07. The molecule has 8 nitrogen and oxygen atoms in total. The maximum atomic E-state index is 13.1. The number of nitrogens with one attached hydrogen (secondary N) is 1. The van der Waals surface area contributed by atoms with Crippen LogP contribution in [0.1, 0.15) is 54.7 Å². The standard InChI is InChI=1S/C28H34N6O2/c1-3-26(27-30-31-32-34(27)19-24-10-7-15-36-24)33(14-13-21-8-5-4-6-9-21)18-23-17-22-16-20(2)11-12-25(22)29-28(23)35/h4-6,8-9,11-12,16-17,24,26H,3,7,10,13-15,18-19H2,1-2H3,(H,29,35)/t24-,26-/m1/s1. The SMILES string of the molecule is CC[C@H](c1nnnn1C[C@H]1CCCO1)N(CCc1ccccc1)Cc1cc2cc(C)ccc2[nH]c1=O. The summed E-state index contributed by atoms with van der Waals surface area (Å²) in [7, 11) is 0. The summed E-state index contributed by atoms with van der Waals surface area (Å²) in [5, 5.41) is 13.8. The van der Waals surface area contributed by atoms with E-state index in [1.54, 1.807) is 0 Å². The molecule has 1 N–H and O–H groups in total. The Hall–Kier alpha value is -3.36. The van der Waals surface area contributed by atoms with Gasteiger partial charge in [0.15, 0.2) is 5.82 Å². The highest BCUT2D eigenvalue weighted by Crippen LogP contribution is 2.26. The van der Waals surface area contributed by atoms with E-state index in [2.05, 4.69) is 69.6 Å². The molecule has 4 aromatic rings. The van der Waals surface area contributed by atoms with E-state index < -0.39 is 0 Å². The largest absolute Gasteiger partial charge is 0.376 e. The van der Waals surface area contributed by atoms with E-state index in [0.29, 0.717) is 13.1 Å². The molecule has 0 spiro atoms. The molecule has 188 valence electrons. The lowest BCUT2D eigenvalue weighted by molar-refractivity contribution is 0.0893. The van der Waals surface area contributed by atoms with Crippen LogP contribution >= 0.6 is 0 Å². The first-order chi connectivity index (χ1) is 17.6. The molecule has 2 aromatic carbocycles. The Kier molecular flexibility index (Phi) is 7.53. The zero-order valence-corrected chi connectivity index (χ0v) is 21.1. The average Bonchev–Trinajstić information content (AvgIpc) is 3.57. The minimum absolute atomic E-state index is 0.0299. The van der Waals surface area contributed by atoms with Gasteiger partial charge in [-0.05, 0) is 72.2 Å². The molecule has 8 heteroatoms. The number of tetrazole rings is 1. The van der Waals surface area contributed by atoms with E-state index in [-0.39, 0.29) is 17.7 Å². The molecule has 3 heterocycles. The van der Waals surface area contributed by atoms with Crippen LogP contribution in [0, 0.1) is 6.92 Å². The molecule has 36 heavy (non-hydrogen) atoms. The van der Waals surface area contributed by atoms with Crippen LogP contribution in [0.4, 0.5) is 0 Å². The van der Waals surface area contributed by atoms with E-state index in [1.807, 2.05) is 28.9 Å². The number of aromatic nitrogens is 5. The van der Waals surface area contributed by atoms with Crippen molar-refractivity contribution in [2.24, 2.45) is 0 Å². The van der Waals surface area contributed by atoms with Crippen LogP contribution in [0.5, 0.6) is 0 Å². The van der Waals surface area contributed by atoms with Gasteiger partial charge >= 0.3 is 0 Å². The lowest BCUT2D eigenvalue weighted by atomic mass is 10.1. The van der Waals surface area contributed by atoms with Gasteiger partial charge in [-0.25, -0.2) is 4.68 Å². The van der Waals surface area contributed by atoms with Crippen LogP contribution < -0.4 is 5.56 Å². The highest BCUT2D eigenvalue weighted by molar-refractivity contribution is 5.79. The highest BCUT2D eigenvalue weighted by atomic mass is 16.5. The van der Waals surface area contributed by atoms with Crippen molar-refractivity contribution in [1.29, 1.82) is 0 Å². The van der Waals surface area contributed by atoms with Gasteiger partial charge in [0.1, 0.15) is 0 Å². The van der Waals surface area contributed by atoms with Crippen molar-refractivity contribution >= 4 is 10.9 Å².